The molecule has 150 valence electrons. The van der Waals surface area contributed by atoms with Gasteiger partial charge in [-0.15, -0.1) is 0 Å². The quantitative estimate of drug-likeness (QED) is 0.513. The van der Waals surface area contributed by atoms with Crippen molar-refractivity contribution in [1.82, 2.24) is 29.4 Å². The molecule has 3 aromatic heterocycles. The third kappa shape index (κ3) is 3.54. The monoisotopic (exact) mass is 398 g/mol. The van der Waals surface area contributed by atoms with Gasteiger partial charge in [0.25, 0.3) is 0 Å². The molecule has 1 saturated heterocycles. The fourth-order valence-electron chi connectivity index (χ4n) is 4.10. The molecule has 4 heterocycles. The van der Waals surface area contributed by atoms with Gasteiger partial charge in [0.15, 0.2) is 5.82 Å². The number of para-hydroxylation sites is 2. The minimum atomic E-state index is -0.0116. The number of carbonyl (C=O) groups excluding carboxylic acids is 1. The Balaban J connectivity index is 1.32. The third-order valence-electron chi connectivity index (χ3n) is 5.58. The topological polar surface area (TPSA) is 76.8 Å². The lowest BCUT2D eigenvalue weighted by atomic mass is 10.1. The van der Waals surface area contributed by atoms with Crippen LogP contribution in [0.15, 0.2) is 67.3 Å². The number of fused-ring (bicyclic) bond motifs is 1. The Morgan fingerprint density at radius 3 is 2.80 bits per heavy atom. The van der Waals surface area contributed by atoms with Gasteiger partial charge in [0.2, 0.25) is 5.91 Å². The first kappa shape index (κ1) is 18.4. The Hall–Kier alpha value is -3.61. The zero-order valence-corrected chi connectivity index (χ0v) is 16.6. The molecule has 0 N–H and O–H groups in total. The Labute approximate surface area is 174 Å². The molecule has 1 amide bonds. The molecule has 1 aliphatic heterocycles. The van der Waals surface area contributed by atoms with Gasteiger partial charge in [-0.05, 0) is 43.2 Å². The molecular formula is C23H22N6O. The van der Waals surface area contributed by atoms with Crippen LogP contribution in [-0.2, 0) is 11.3 Å². The lowest BCUT2D eigenvalue weighted by Gasteiger charge is -2.24. The maximum absolute atomic E-state index is 13.1. The lowest BCUT2D eigenvalue weighted by Crippen LogP contribution is -2.31. The van der Waals surface area contributed by atoms with Crippen LogP contribution in [0.1, 0.15) is 31.0 Å². The van der Waals surface area contributed by atoms with Crippen LogP contribution in [0, 0.1) is 0 Å². The van der Waals surface area contributed by atoms with Crippen molar-refractivity contribution in [3.63, 3.8) is 0 Å². The summed E-state index contributed by atoms with van der Waals surface area (Å²) in [5.74, 6) is 0.741. The lowest BCUT2D eigenvalue weighted by molar-refractivity contribution is -0.132. The maximum Gasteiger partial charge on any atom is 0.224 e. The minimum Gasteiger partial charge on any atom is -0.334 e. The van der Waals surface area contributed by atoms with Gasteiger partial charge in [0.05, 0.1) is 29.1 Å². The molecule has 0 spiro atoms. The van der Waals surface area contributed by atoms with Crippen LogP contribution in [-0.4, -0.2) is 41.9 Å². The summed E-state index contributed by atoms with van der Waals surface area (Å²) < 4.78 is 2.04. The van der Waals surface area contributed by atoms with Gasteiger partial charge >= 0.3 is 0 Å². The summed E-state index contributed by atoms with van der Waals surface area (Å²) in [5.41, 5.74) is 3.62. The first-order valence-electron chi connectivity index (χ1n) is 10.2. The predicted octanol–water partition coefficient (Wildman–Crippen LogP) is 3.64. The van der Waals surface area contributed by atoms with Gasteiger partial charge in [-0.2, -0.15) is 0 Å². The Bertz CT molecular complexity index is 1170. The molecule has 0 radical (unpaired) electrons. The maximum atomic E-state index is 13.1. The fourth-order valence-corrected chi connectivity index (χ4v) is 4.10. The fraction of sp³-hybridized carbons (Fsp3) is 0.261. The minimum absolute atomic E-state index is 0.0116. The van der Waals surface area contributed by atoms with Crippen molar-refractivity contribution in [2.24, 2.45) is 0 Å². The van der Waals surface area contributed by atoms with E-state index in [-0.39, 0.29) is 11.9 Å². The van der Waals surface area contributed by atoms with E-state index >= 15 is 0 Å². The number of aryl methyl sites for hydroxylation is 1. The van der Waals surface area contributed by atoms with Gasteiger partial charge in [0, 0.05) is 31.9 Å². The molecular weight excluding hydrogens is 376 g/mol. The molecule has 0 bridgehead atoms. The van der Waals surface area contributed by atoms with Gasteiger partial charge in [-0.1, -0.05) is 18.2 Å². The van der Waals surface area contributed by atoms with Crippen molar-refractivity contribution >= 4 is 16.9 Å². The van der Waals surface area contributed by atoms with Crippen molar-refractivity contribution in [1.29, 1.82) is 0 Å². The van der Waals surface area contributed by atoms with Crippen molar-refractivity contribution in [2.45, 2.75) is 31.8 Å². The molecule has 30 heavy (non-hydrogen) atoms. The van der Waals surface area contributed by atoms with E-state index in [0.717, 1.165) is 41.8 Å². The van der Waals surface area contributed by atoms with Crippen molar-refractivity contribution < 1.29 is 4.79 Å². The summed E-state index contributed by atoms with van der Waals surface area (Å²) in [6.07, 6.45) is 7.63. The Morgan fingerprint density at radius 1 is 1.00 bits per heavy atom. The first-order chi connectivity index (χ1) is 14.8. The zero-order chi connectivity index (χ0) is 20.3. The second-order valence-corrected chi connectivity index (χ2v) is 7.44. The van der Waals surface area contributed by atoms with Crippen LogP contribution < -0.4 is 0 Å². The molecule has 1 aromatic carbocycles. The second-order valence-electron chi connectivity index (χ2n) is 7.44. The number of likely N-dealkylation sites (tertiary alicyclic amines) is 1. The van der Waals surface area contributed by atoms with Crippen LogP contribution in [0.5, 0.6) is 0 Å². The van der Waals surface area contributed by atoms with Crippen molar-refractivity contribution in [2.75, 3.05) is 6.54 Å². The van der Waals surface area contributed by atoms with Crippen LogP contribution >= 0.6 is 0 Å². The van der Waals surface area contributed by atoms with E-state index in [2.05, 4.69) is 15.0 Å². The number of nitrogens with zero attached hydrogens (tertiary/aromatic N) is 6. The SMILES string of the molecule is O=C(CCn1cnc2ccccc21)N1CCC[C@@H]1c1ccnc(-c2ccccn2)n1. The van der Waals surface area contributed by atoms with E-state index in [4.69, 9.17) is 4.98 Å². The summed E-state index contributed by atoms with van der Waals surface area (Å²) in [5, 5.41) is 0. The van der Waals surface area contributed by atoms with Crippen molar-refractivity contribution in [3.8, 4) is 11.5 Å². The number of hydrogen-bond acceptors (Lipinski definition) is 5. The number of imidazole rings is 1. The second kappa shape index (κ2) is 8.02. The Morgan fingerprint density at radius 2 is 1.90 bits per heavy atom. The number of rotatable bonds is 5. The summed E-state index contributed by atoms with van der Waals surface area (Å²) in [6, 6.07) is 15.6. The van der Waals surface area contributed by atoms with E-state index in [9.17, 15) is 4.79 Å². The molecule has 1 atom stereocenters. The smallest absolute Gasteiger partial charge is 0.224 e. The number of pyridine rings is 1. The summed E-state index contributed by atoms with van der Waals surface area (Å²) >= 11 is 0. The first-order valence-corrected chi connectivity index (χ1v) is 10.2. The highest BCUT2D eigenvalue weighted by molar-refractivity contribution is 5.78. The van der Waals surface area contributed by atoms with E-state index in [1.807, 2.05) is 64.3 Å². The van der Waals surface area contributed by atoms with Crippen LogP contribution in [0.25, 0.3) is 22.6 Å². The molecule has 7 heteroatoms. The van der Waals surface area contributed by atoms with E-state index < -0.39 is 0 Å². The van der Waals surface area contributed by atoms with Gasteiger partial charge in [-0.25, -0.2) is 15.0 Å². The van der Waals surface area contributed by atoms with Crippen LogP contribution in [0.3, 0.4) is 0 Å². The summed E-state index contributed by atoms with van der Waals surface area (Å²) in [7, 11) is 0. The highest BCUT2D eigenvalue weighted by Gasteiger charge is 2.31. The number of carbonyl (C=O) groups is 1. The van der Waals surface area contributed by atoms with Crippen molar-refractivity contribution in [3.05, 3.63) is 72.9 Å². The largest absolute Gasteiger partial charge is 0.334 e. The number of amides is 1. The van der Waals surface area contributed by atoms with Gasteiger partial charge < -0.3 is 9.47 Å². The van der Waals surface area contributed by atoms with E-state index in [1.165, 1.54) is 0 Å². The average molecular weight is 398 g/mol. The molecule has 7 nitrogen and oxygen atoms in total. The van der Waals surface area contributed by atoms with E-state index in [0.29, 0.717) is 18.8 Å². The van der Waals surface area contributed by atoms with Crippen LogP contribution in [0.2, 0.25) is 0 Å². The molecule has 1 fully saturated rings. The molecule has 4 aromatic rings. The van der Waals surface area contributed by atoms with Gasteiger partial charge in [-0.3, -0.25) is 9.78 Å². The number of aromatic nitrogens is 5. The number of hydrogen-bond donors (Lipinski definition) is 0. The standard InChI is InChI=1S/C23H22N6O/c30-22(11-15-28-16-26-17-6-1-2-8-20(17)28)29-14-5-9-21(29)18-10-13-25-23(27-18)19-7-3-4-12-24-19/h1-4,6-8,10,12-13,16,21H,5,9,11,14-15H2/t21-/m1/s1. The molecule has 1 aliphatic rings. The summed E-state index contributed by atoms with van der Waals surface area (Å²) in [4.78, 5) is 32.9. The predicted molar refractivity (Wildman–Crippen MR) is 113 cm³/mol. The third-order valence-corrected chi connectivity index (χ3v) is 5.58. The number of benzene rings is 1. The normalized spacial score (nSPS) is 16.3. The average Bonchev–Trinajstić information content (AvgIpc) is 3.46. The Kier molecular flexibility index (Phi) is 4.93. The molecule has 0 saturated carbocycles. The molecule has 5 rings (SSSR count). The highest BCUT2D eigenvalue weighted by atomic mass is 16.2. The van der Waals surface area contributed by atoms with Crippen LogP contribution in [0.4, 0.5) is 0 Å². The van der Waals surface area contributed by atoms with Gasteiger partial charge in [0.1, 0.15) is 5.69 Å². The molecule has 0 unspecified atom stereocenters. The van der Waals surface area contributed by atoms with E-state index in [1.54, 1.807) is 12.4 Å². The zero-order valence-electron chi connectivity index (χ0n) is 16.6. The highest BCUT2D eigenvalue weighted by Crippen LogP contribution is 2.32. The summed E-state index contributed by atoms with van der Waals surface area (Å²) in [6.45, 7) is 1.38. The molecule has 0 aliphatic carbocycles.